The number of hydrogen-bond acceptors (Lipinski definition) is 5. The maximum atomic E-state index is 10.9. The van der Waals surface area contributed by atoms with Crippen molar-refractivity contribution in [1.82, 2.24) is 4.98 Å². The van der Waals surface area contributed by atoms with E-state index in [9.17, 15) is 4.79 Å². The Labute approximate surface area is 113 Å². The van der Waals surface area contributed by atoms with Crippen molar-refractivity contribution in [1.29, 1.82) is 0 Å². The van der Waals surface area contributed by atoms with Crippen LogP contribution in [0.2, 0.25) is 0 Å². The van der Waals surface area contributed by atoms with E-state index in [-0.39, 0.29) is 4.88 Å². The Kier molecular flexibility index (Phi) is 3.88. The Balaban J connectivity index is 2.29. The lowest BCUT2D eigenvalue weighted by Crippen LogP contribution is -1.94. The highest BCUT2D eigenvalue weighted by atomic mass is 32.2. The van der Waals surface area contributed by atoms with E-state index in [2.05, 4.69) is 10.3 Å². The van der Waals surface area contributed by atoms with Gasteiger partial charge in [0.05, 0.1) is 11.4 Å². The van der Waals surface area contributed by atoms with Gasteiger partial charge in [-0.15, -0.1) is 11.8 Å². The number of rotatable bonds is 4. The van der Waals surface area contributed by atoms with Crippen LogP contribution < -0.4 is 5.32 Å². The fourth-order valence-corrected chi connectivity index (χ4v) is 2.88. The van der Waals surface area contributed by atoms with Gasteiger partial charge in [0.15, 0.2) is 5.13 Å². The second kappa shape index (κ2) is 5.41. The highest BCUT2D eigenvalue weighted by Gasteiger charge is 2.14. The third kappa shape index (κ3) is 2.65. The molecule has 0 saturated carbocycles. The lowest BCUT2D eigenvalue weighted by Gasteiger charge is -2.06. The molecule has 2 aromatic rings. The van der Waals surface area contributed by atoms with E-state index < -0.39 is 5.97 Å². The second-order valence-electron chi connectivity index (χ2n) is 3.56. The van der Waals surface area contributed by atoms with Crippen molar-refractivity contribution in [2.45, 2.75) is 11.8 Å². The lowest BCUT2D eigenvalue weighted by molar-refractivity contribution is 0.0701. The predicted octanol–water partition coefficient (Wildman–Crippen LogP) is 3.62. The largest absolute Gasteiger partial charge is 0.477 e. The van der Waals surface area contributed by atoms with Crippen LogP contribution in [0.25, 0.3) is 0 Å². The SMILES string of the molecule is CSc1ccccc1Nc1nc(C)c(C(=O)O)s1. The number of nitrogens with one attached hydrogen (secondary N) is 1. The molecule has 2 N–H and O–H groups in total. The number of aromatic carboxylic acids is 1. The molecule has 0 atom stereocenters. The predicted molar refractivity (Wildman–Crippen MR) is 75.3 cm³/mol. The third-order valence-electron chi connectivity index (χ3n) is 2.34. The number of para-hydroxylation sites is 1. The Hall–Kier alpha value is -1.53. The van der Waals surface area contributed by atoms with Gasteiger partial charge in [0.2, 0.25) is 0 Å². The van der Waals surface area contributed by atoms with Crippen molar-refractivity contribution >= 4 is 39.9 Å². The molecule has 0 amide bonds. The quantitative estimate of drug-likeness (QED) is 0.838. The first kappa shape index (κ1) is 12.9. The molecule has 94 valence electrons. The average Bonchev–Trinajstić information content (AvgIpc) is 2.71. The molecular formula is C12H12N2O2S2. The molecule has 6 heteroatoms. The first-order chi connectivity index (χ1) is 8.61. The number of carboxylic acids is 1. The van der Waals surface area contributed by atoms with E-state index in [1.807, 2.05) is 30.5 Å². The maximum Gasteiger partial charge on any atom is 0.347 e. The number of carboxylic acid groups (broad SMARTS) is 1. The van der Waals surface area contributed by atoms with Crippen LogP contribution in [0.1, 0.15) is 15.4 Å². The van der Waals surface area contributed by atoms with Crippen LogP contribution in [0.3, 0.4) is 0 Å². The van der Waals surface area contributed by atoms with E-state index in [1.54, 1.807) is 18.7 Å². The zero-order chi connectivity index (χ0) is 13.1. The van der Waals surface area contributed by atoms with Crippen LogP contribution in [0, 0.1) is 6.92 Å². The summed E-state index contributed by atoms with van der Waals surface area (Å²) in [6.45, 7) is 1.70. The molecule has 0 saturated heterocycles. The Morgan fingerprint density at radius 1 is 1.44 bits per heavy atom. The number of thiazole rings is 1. The fraction of sp³-hybridized carbons (Fsp3) is 0.167. The van der Waals surface area contributed by atoms with E-state index in [1.165, 1.54) is 0 Å². The minimum Gasteiger partial charge on any atom is -0.477 e. The summed E-state index contributed by atoms with van der Waals surface area (Å²) in [5.41, 5.74) is 1.48. The Morgan fingerprint density at radius 3 is 2.78 bits per heavy atom. The van der Waals surface area contributed by atoms with Gasteiger partial charge >= 0.3 is 5.97 Å². The van der Waals surface area contributed by atoms with Crippen LogP contribution in [-0.2, 0) is 0 Å². The van der Waals surface area contributed by atoms with E-state index in [0.717, 1.165) is 21.9 Å². The summed E-state index contributed by atoms with van der Waals surface area (Å²) in [6, 6.07) is 7.85. The number of hydrogen-bond donors (Lipinski definition) is 2. The van der Waals surface area contributed by atoms with Crippen LogP contribution in [0.15, 0.2) is 29.2 Å². The number of aromatic nitrogens is 1. The standard InChI is InChI=1S/C12H12N2O2S2/c1-7-10(11(15)16)18-12(13-7)14-8-5-3-4-6-9(8)17-2/h3-6H,1-2H3,(H,13,14)(H,15,16). The molecule has 0 bridgehead atoms. The third-order valence-corrected chi connectivity index (χ3v) is 4.20. The van der Waals surface area contributed by atoms with Crippen LogP contribution in [-0.4, -0.2) is 22.3 Å². The van der Waals surface area contributed by atoms with Gasteiger partial charge in [0, 0.05) is 4.90 Å². The summed E-state index contributed by atoms with van der Waals surface area (Å²) in [6.07, 6.45) is 2.00. The first-order valence-electron chi connectivity index (χ1n) is 5.22. The number of anilines is 2. The molecule has 0 aliphatic carbocycles. The lowest BCUT2D eigenvalue weighted by atomic mass is 10.3. The topological polar surface area (TPSA) is 62.2 Å². The summed E-state index contributed by atoms with van der Waals surface area (Å²) < 4.78 is 0. The summed E-state index contributed by atoms with van der Waals surface area (Å²) in [7, 11) is 0. The summed E-state index contributed by atoms with van der Waals surface area (Å²) in [4.78, 5) is 16.5. The van der Waals surface area contributed by atoms with Crippen LogP contribution >= 0.6 is 23.1 Å². The molecule has 1 aromatic heterocycles. The number of carbonyl (C=O) groups is 1. The molecule has 1 aromatic carbocycles. The van der Waals surface area contributed by atoms with Gasteiger partial charge in [-0.3, -0.25) is 0 Å². The van der Waals surface area contributed by atoms with Crippen LogP contribution in [0.5, 0.6) is 0 Å². The zero-order valence-electron chi connectivity index (χ0n) is 9.93. The number of nitrogens with zero attached hydrogens (tertiary/aromatic N) is 1. The Bertz CT molecular complexity index is 581. The molecule has 18 heavy (non-hydrogen) atoms. The van der Waals surface area contributed by atoms with Gasteiger partial charge in [-0.05, 0) is 25.3 Å². The molecule has 0 aliphatic heterocycles. The van der Waals surface area contributed by atoms with Gasteiger partial charge in [0.1, 0.15) is 4.88 Å². The monoisotopic (exact) mass is 280 g/mol. The molecule has 0 fully saturated rings. The first-order valence-corrected chi connectivity index (χ1v) is 7.26. The highest BCUT2D eigenvalue weighted by Crippen LogP contribution is 2.30. The van der Waals surface area contributed by atoms with Crippen molar-refractivity contribution in [3.8, 4) is 0 Å². The normalized spacial score (nSPS) is 10.3. The van der Waals surface area contributed by atoms with Crippen molar-refractivity contribution in [3.05, 3.63) is 34.8 Å². The van der Waals surface area contributed by atoms with Crippen molar-refractivity contribution in [2.75, 3.05) is 11.6 Å². The molecule has 4 nitrogen and oxygen atoms in total. The molecule has 2 rings (SSSR count). The summed E-state index contributed by atoms with van der Waals surface area (Å²) in [5, 5.41) is 12.8. The molecule has 0 unspecified atom stereocenters. The maximum absolute atomic E-state index is 10.9. The Morgan fingerprint density at radius 2 is 2.17 bits per heavy atom. The number of benzene rings is 1. The van der Waals surface area contributed by atoms with Crippen molar-refractivity contribution < 1.29 is 9.90 Å². The van der Waals surface area contributed by atoms with Gasteiger partial charge in [0.25, 0.3) is 0 Å². The van der Waals surface area contributed by atoms with E-state index >= 15 is 0 Å². The minimum absolute atomic E-state index is 0.277. The van der Waals surface area contributed by atoms with E-state index in [4.69, 9.17) is 5.11 Å². The van der Waals surface area contributed by atoms with Crippen LogP contribution in [0.4, 0.5) is 10.8 Å². The zero-order valence-corrected chi connectivity index (χ0v) is 11.6. The molecule has 0 spiro atoms. The van der Waals surface area contributed by atoms with Gasteiger partial charge in [-0.1, -0.05) is 23.5 Å². The molecule has 0 aliphatic rings. The molecular weight excluding hydrogens is 268 g/mol. The van der Waals surface area contributed by atoms with E-state index in [0.29, 0.717) is 10.8 Å². The fourth-order valence-electron chi connectivity index (χ4n) is 1.51. The average molecular weight is 280 g/mol. The molecule has 0 radical (unpaired) electrons. The summed E-state index contributed by atoms with van der Waals surface area (Å²) in [5.74, 6) is -0.934. The smallest absolute Gasteiger partial charge is 0.347 e. The highest BCUT2D eigenvalue weighted by molar-refractivity contribution is 7.98. The van der Waals surface area contributed by atoms with Gasteiger partial charge < -0.3 is 10.4 Å². The second-order valence-corrected chi connectivity index (χ2v) is 5.41. The van der Waals surface area contributed by atoms with Gasteiger partial charge in [-0.25, -0.2) is 9.78 Å². The molecule has 1 heterocycles. The van der Waals surface area contributed by atoms with Gasteiger partial charge in [-0.2, -0.15) is 0 Å². The number of aryl methyl sites for hydroxylation is 1. The summed E-state index contributed by atoms with van der Waals surface area (Å²) >= 11 is 2.78. The van der Waals surface area contributed by atoms with Crippen molar-refractivity contribution in [3.63, 3.8) is 0 Å². The number of thioether (sulfide) groups is 1. The van der Waals surface area contributed by atoms with Crippen molar-refractivity contribution in [2.24, 2.45) is 0 Å². The minimum atomic E-state index is -0.934.